The van der Waals surface area contributed by atoms with Crippen LogP contribution >= 0.6 is 11.6 Å². The molecule has 0 saturated heterocycles. The third-order valence-electron chi connectivity index (χ3n) is 3.99. The average Bonchev–Trinajstić information content (AvgIpc) is 2.69. The molecule has 2 rings (SSSR count). The highest BCUT2D eigenvalue weighted by Gasteiger charge is 2.19. The number of carbonyl (C=O) groups excluding carboxylic acids is 2. The van der Waals surface area contributed by atoms with E-state index in [0.29, 0.717) is 18.0 Å². The number of nitrogens with zero attached hydrogens (tertiary/aromatic N) is 2. The minimum atomic E-state index is -0.625. The molecular formula is C19H21ClN4O5. The predicted molar refractivity (Wildman–Crippen MR) is 110 cm³/mol. The van der Waals surface area contributed by atoms with Crippen molar-refractivity contribution < 1.29 is 19.2 Å². The smallest absolute Gasteiger partial charge is 0.294 e. The summed E-state index contributed by atoms with van der Waals surface area (Å²) in [5.74, 6) is -0.277. The van der Waals surface area contributed by atoms with Gasteiger partial charge in [0.25, 0.3) is 5.69 Å². The van der Waals surface area contributed by atoms with E-state index in [1.165, 1.54) is 19.2 Å². The van der Waals surface area contributed by atoms with Crippen LogP contribution in [-0.2, 0) is 9.59 Å². The number of hydrogen-bond donors (Lipinski definition) is 2. The van der Waals surface area contributed by atoms with E-state index in [2.05, 4.69) is 10.6 Å². The number of likely N-dealkylation sites (N-methyl/N-ethyl adjacent to an activating group) is 1. The molecule has 9 nitrogen and oxygen atoms in total. The molecule has 2 N–H and O–H groups in total. The van der Waals surface area contributed by atoms with Gasteiger partial charge in [-0.1, -0.05) is 30.7 Å². The van der Waals surface area contributed by atoms with Gasteiger partial charge in [0.15, 0.2) is 0 Å². The van der Waals surface area contributed by atoms with Crippen molar-refractivity contribution in [3.8, 4) is 5.75 Å². The fourth-order valence-electron chi connectivity index (χ4n) is 2.57. The molecule has 2 aromatic carbocycles. The molecule has 0 aromatic heterocycles. The number of para-hydroxylation sites is 2. The summed E-state index contributed by atoms with van der Waals surface area (Å²) in [6.45, 7) is 2.07. The van der Waals surface area contributed by atoms with E-state index in [1.54, 1.807) is 36.1 Å². The molecular weight excluding hydrogens is 400 g/mol. The number of rotatable bonds is 9. The van der Waals surface area contributed by atoms with E-state index < -0.39 is 10.8 Å². The van der Waals surface area contributed by atoms with Crippen LogP contribution in [0, 0.1) is 10.1 Å². The van der Waals surface area contributed by atoms with Crippen molar-refractivity contribution in [2.24, 2.45) is 0 Å². The molecule has 0 saturated carbocycles. The van der Waals surface area contributed by atoms with E-state index >= 15 is 0 Å². The number of nitro groups is 1. The summed E-state index contributed by atoms with van der Waals surface area (Å²) in [5.41, 5.74) is 0.263. The van der Waals surface area contributed by atoms with Crippen molar-refractivity contribution in [2.45, 2.75) is 6.92 Å². The summed E-state index contributed by atoms with van der Waals surface area (Å²) in [6, 6.07) is 11.0. The van der Waals surface area contributed by atoms with Crippen molar-refractivity contribution in [3.05, 3.63) is 57.6 Å². The lowest BCUT2D eigenvalue weighted by molar-refractivity contribution is -0.383. The van der Waals surface area contributed by atoms with Crippen molar-refractivity contribution in [1.29, 1.82) is 0 Å². The van der Waals surface area contributed by atoms with Gasteiger partial charge in [0.2, 0.25) is 11.8 Å². The Bertz CT molecular complexity index is 906. The van der Waals surface area contributed by atoms with Crippen molar-refractivity contribution in [3.63, 3.8) is 0 Å². The van der Waals surface area contributed by atoms with Gasteiger partial charge in [-0.3, -0.25) is 24.6 Å². The normalized spacial score (nSPS) is 10.5. The first-order chi connectivity index (χ1) is 13.8. The van der Waals surface area contributed by atoms with Gasteiger partial charge in [0.05, 0.1) is 30.8 Å². The third-order valence-corrected chi connectivity index (χ3v) is 4.23. The second-order valence-electron chi connectivity index (χ2n) is 6.02. The van der Waals surface area contributed by atoms with Crippen molar-refractivity contribution >= 4 is 40.5 Å². The molecule has 0 bridgehead atoms. The Morgan fingerprint density at radius 1 is 1.10 bits per heavy atom. The Balaban J connectivity index is 1.98. The van der Waals surface area contributed by atoms with Gasteiger partial charge in [-0.2, -0.15) is 0 Å². The van der Waals surface area contributed by atoms with E-state index in [9.17, 15) is 19.7 Å². The maximum atomic E-state index is 12.3. The topological polar surface area (TPSA) is 114 Å². The highest BCUT2D eigenvalue weighted by Crippen LogP contribution is 2.27. The number of benzene rings is 2. The van der Waals surface area contributed by atoms with E-state index in [1.807, 2.05) is 0 Å². The summed E-state index contributed by atoms with van der Waals surface area (Å²) >= 11 is 5.77. The molecule has 0 heterocycles. The van der Waals surface area contributed by atoms with E-state index in [0.717, 1.165) is 6.07 Å². The lowest BCUT2D eigenvalue weighted by Crippen LogP contribution is -2.38. The Morgan fingerprint density at radius 2 is 1.72 bits per heavy atom. The molecule has 154 valence electrons. The van der Waals surface area contributed by atoms with Crippen molar-refractivity contribution in [2.75, 3.05) is 37.4 Å². The van der Waals surface area contributed by atoms with Crippen LogP contribution in [0.4, 0.5) is 17.1 Å². The largest absolute Gasteiger partial charge is 0.495 e. The van der Waals surface area contributed by atoms with Crippen LogP contribution in [0.15, 0.2) is 42.5 Å². The Hall–Kier alpha value is -3.17. The van der Waals surface area contributed by atoms with Gasteiger partial charge in [-0.15, -0.1) is 0 Å². The number of hydrogen-bond acceptors (Lipinski definition) is 6. The third kappa shape index (κ3) is 6.44. The molecule has 29 heavy (non-hydrogen) atoms. The van der Waals surface area contributed by atoms with Crippen LogP contribution in [0.2, 0.25) is 5.02 Å². The zero-order chi connectivity index (χ0) is 21.4. The van der Waals surface area contributed by atoms with Gasteiger partial charge < -0.3 is 15.4 Å². The van der Waals surface area contributed by atoms with Crippen molar-refractivity contribution in [1.82, 2.24) is 4.90 Å². The standard InChI is InChI=1S/C19H21ClN4O5/c1-3-23(12-19(26)22-15-6-4-5-7-17(15)29-2)11-18(25)21-14-9-8-13(20)10-16(14)24(27)28/h4-10H,3,11-12H2,1-2H3,(H,21,25)(H,22,26). The number of nitrogens with one attached hydrogen (secondary N) is 2. The Labute approximate surface area is 172 Å². The molecule has 0 atom stereocenters. The van der Waals surface area contributed by atoms with Crippen LogP contribution in [0.1, 0.15) is 6.92 Å². The van der Waals surface area contributed by atoms with E-state index in [4.69, 9.17) is 16.3 Å². The number of ether oxygens (including phenoxy) is 1. The number of carbonyl (C=O) groups is 2. The zero-order valence-corrected chi connectivity index (χ0v) is 16.7. The molecule has 0 aliphatic carbocycles. The molecule has 10 heteroatoms. The maximum Gasteiger partial charge on any atom is 0.294 e. The first kappa shape index (κ1) is 22.1. The number of anilines is 2. The number of nitro benzene ring substituents is 1. The molecule has 0 spiro atoms. The van der Waals surface area contributed by atoms with E-state index in [-0.39, 0.29) is 35.4 Å². The van der Waals surface area contributed by atoms with Gasteiger partial charge in [0, 0.05) is 11.1 Å². The summed E-state index contributed by atoms with van der Waals surface area (Å²) in [5, 5.41) is 16.6. The predicted octanol–water partition coefficient (Wildman–Crippen LogP) is 3.16. The monoisotopic (exact) mass is 420 g/mol. The molecule has 0 unspecified atom stereocenters. The minimum absolute atomic E-state index is 0.0370. The Morgan fingerprint density at radius 3 is 2.31 bits per heavy atom. The van der Waals surface area contributed by atoms with Crippen LogP contribution in [0.5, 0.6) is 5.75 Å². The minimum Gasteiger partial charge on any atom is -0.495 e. The van der Waals surface area contributed by atoms with Gasteiger partial charge in [-0.05, 0) is 30.8 Å². The number of methoxy groups -OCH3 is 1. The fraction of sp³-hybridized carbons (Fsp3) is 0.263. The zero-order valence-electron chi connectivity index (χ0n) is 16.0. The first-order valence-corrected chi connectivity index (χ1v) is 9.10. The molecule has 0 aliphatic heterocycles. The lowest BCUT2D eigenvalue weighted by Gasteiger charge is -2.19. The van der Waals surface area contributed by atoms with Crippen LogP contribution in [-0.4, -0.2) is 48.4 Å². The SMILES string of the molecule is CCN(CC(=O)Nc1ccccc1OC)CC(=O)Nc1ccc(Cl)cc1[N+](=O)[O-]. The molecule has 2 amide bonds. The van der Waals surface area contributed by atoms with Gasteiger partial charge in [-0.25, -0.2) is 0 Å². The second-order valence-corrected chi connectivity index (χ2v) is 6.45. The average molecular weight is 421 g/mol. The quantitative estimate of drug-likeness (QED) is 0.475. The number of halogens is 1. The molecule has 0 radical (unpaired) electrons. The molecule has 0 aliphatic rings. The van der Waals surface area contributed by atoms with Crippen LogP contribution < -0.4 is 15.4 Å². The Kier molecular flexibility index (Phi) is 7.93. The highest BCUT2D eigenvalue weighted by molar-refractivity contribution is 6.31. The van der Waals surface area contributed by atoms with Crippen LogP contribution in [0.25, 0.3) is 0 Å². The van der Waals surface area contributed by atoms with Gasteiger partial charge >= 0.3 is 0 Å². The summed E-state index contributed by atoms with van der Waals surface area (Å²) in [6.07, 6.45) is 0. The van der Waals surface area contributed by atoms with Gasteiger partial charge in [0.1, 0.15) is 11.4 Å². The first-order valence-electron chi connectivity index (χ1n) is 8.73. The maximum absolute atomic E-state index is 12.3. The summed E-state index contributed by atoms with van der Waals surface area (Å²) in [7, 11) is 1.50. The number of amides is 2. The summed E-state index contributed by atoms with van der Waals surface area (Å²) < 4.78 is 5.19. The fourth-order valence-corrected chi connectivity index (χ4v) is 2.74. The molecule has 2 aromatic rings. The lowest BCUT2D eigenvalue weighted by atomic mass is 10.2. The highest BCUT2D eigenvalue weighted by atomic mass is 35.5. The molecule has 0 fully saturated rings. The second kappa shape index (κ2) is 10.4. The summed E-state index contributed by atoms with van der Waals surface area (Å²) in [4.78, 5) is 36.7. The van der Waals surface area contributed by atoms with Crippen LogP contribution in [0.3, 0.4) is 0 Å².